The van der Waals surface area contributed by atoms with E-state index in [0.717, 1.165) is 36.5 Å². The minimum atomic E-state index is 0.187. The molecule has 0 bridgehead atoms. The van der Waals surface area contributed by atoms with Crippen LogP contribution in [0, 0.1) is 6.92 Å². The average molecular weight is 235 g/mol. The number of aliphatic hydroxyl groups excluding tert-OH is 1. The van der Waals surface area contributed by atoms with E-state index in [1.54, 1.807) is 0 Å². The molecule has 4 nitrogen and oxygen atoms in total. The summed E-state index contributed by atoms with van der Waals surface area (Å²) in [6.45, 7) is 3.11. The first kappa shape index (κ1) is 12.2. The lowest BCUT2D eigenvalue weighted by atomic mass is 10.1. The fourth-order valence-corrected chi connectivity index (χ4v) is 2.35. The maximum Gasteiger partial charge on any atom is 0.130 e. The molecule has 1 aliphatic heterocycles. The zero-order chi connectivity index (χ0) is 12.3. The molecular formula is C13H21N3O. The zero-order valence-corrected chi connectivity index (χ0v) is 10.4. The van der Waals surface area contributed by atoms with Crippen molar-refractivity contribution in [3.63, 3.8) is 0 Å². The van der Waals surface area contributed by atoms with Gasteiger partial charge in [0.05, 0.1) is 12.6 Å². The van der Waals surface area contributed by atoms with Gasteiger partial charge in [0.2, 0.25) is 0 Å². The normalized spacial score (nSPS) is 21.3. The number of nitrogen functional groups attached to an aromatic ring is 1. The summed E-state index contributed by atoms with van der Waals surface area (Å²) in [6.07, 6.45) is 6.42. The van der Waals surface area contributed by atoms with Crippen molar-refractivity contribution in [3.05, 3.63) is 17.8 Å². The summed E-state index contributed by atoms with van der Waals surface area (Å²) < 4.78 is 0. The minimum Gasteiger partial charge on any atom is -0.398 e. The van der Waals surface area contributed by atoms with Gasteiger partial charge < -0.3 is 15.7 Å². The van der Waals surface area contributed by atoms with Gasteiger partial charge in [-0.25, -0.2) is 4.98 Å². The molecule has 3 N–H and O–H groups in total. The molecule has 1 aromatic rings. The highest BCUT2D eigenvalue weighted by atomic mass is 16.3. The van der Waals surface area contributed by atoms with Crippen molar-refractivity contribution in [1.82, 2.24) is 4.98 Å². The number of hydrogen-bond acceptors (Lipinski definition) is 4. The first-order valence-electron chi connectivity index (χ1n) is 6.32. The van der Waals surface area contributed by atoms with Gasteiger partial charge >= 0.3 is 0 Å². The molecule has 1 aromatic heterocycles. The fraction of sp³-hybridized carbons (Fsp3) is 0.615. The Morgan fingerprint density at radius 3 is 3.00 bits per heavy atom. The van der Waals surface area contributed by atoms with E-state index in [2.05, 4.69) is 9.88 Å². The quantitative estimate of drug-likeness (QED) is 0.819. The Kier molecular flexibility index (Phi) is 3.84. The number of nitrogens with two attached hydrogens (primary N) is 1. The summed E-state index contributed by atoms with van der Waals surface area (Å²) in [7, 11) is 0. The van der Waals surface area contributed by atoms with Crippen molar-refractivity contribution in [3.8, 4) is 0 Å². The van der Waals surface area contributed by atoms with Gasteiger partial charge in [0.15, 0.2) is 0 Å². The number of aliphatic hydroxyl groups is 1. The topological polar surface area (TPSA) is 62.4 Å². The molecule has 4 heteroatoms. The van der Waals surface area contributed by atoms with E-state index in [9.17, 15) is 5.11 Å². The third-order valence-corrected chi connectivity index (χ3v) is 3.51. The van der Waals surface area contributed by atoms with E-state index in [-0.39, 0.29) is 12.6 Å². The van der Waals surface area contributed by atoms with Crippen molar-refractivity contribution in [2.24, 2.45) is 0 Å². The van der Waals surface area contributed by atoms with Crippen LogP contribution >= 0.6 is 0 Å². The number of aryl methyl sites for hydroxylation is 1. The molecule has 17 heavy (non-hydrogen) atoms. The molecule has 1 unspecified atom stereocenters. The van der Waals surface area contributed by atoms with Gasteiger partial charge in [-0.15, -0.1) is 0 Å². The van der Waals surface area contributed by atoms with Crippen molar-refractivity contribution in [2.45, 2.75) is 38.6 Å². The fourth-order valence-electron chi connectivity index (χ4n) is 2.35. The Morgan fingerprint density at radius 2 is 2.29 bits per heavy atom. The summed E-state index contributed by atoms with van der Waals surface area (Å²) in [5.74, 6) is 0.897. The molecule has 0 saturated carbocycles. The average Bonchev–Trinajstić information content (AvgIpc) is 2.57. The lowest BCUT2D eigenvalue weighted by Gasteiger charge is -2.30. The van der Waals surface area contributed by atoms with Crippen molar-refractivity contribution in [1.29, 1.82) is 0 Å². The third kappa shape index (κ3) is 2.69. The minimum absolute atomic E-state index is 0.187. The molecule has 0 aliphatic carbocycles. The number of pyridine rings is 1. The molecule has 0 spiro atoms. The molecule has 94 valence electrons. The van der Waals surface area contributed by atoms with Gasteiger partial charge in [-0.05, 0) is 25.3 Å². The Hall–Kier alpha value is -1.29. The summed E-state index contributed by atoms with van der Waals surface area (Å²) >= 11 is 0. The molecule has 0 amide bonds. The summed E-state index contributed by atoms with van der Waals surface area (Å²) in [6, 6.07) is 2.11. The van der Waals surface area contributed by atoms with E-state index in [0.29, 0.717) is 0 Å². The van der Waals surface area contributed by atoms with Gasteiger partial charge in [0.1, 0.15) is 5.82 Å². The van der Waals surface area contributed by atoms with E-state index in [4.69, 9.17) is 5.73 Å². The van der Waals surface area contributed by atoms with Crippen LogP contribution in [-0.2, 0) is 0 Å². The third-order valence-electron chi connectivity index (χ3n) is 3.51. The predicted molar refractivity (Wildman–Crippen MR) is 70.1 cm³/mol. The maximum atomic E-state index is 9.47. The Morgan fingerprint density at radius 1 is 1.47 bits per heavy atom. The monoisotopic (exact) mass is 235 g/mol. The van der Waals surface area contributed by atoms with Crippen LogP contribution in [0.25, 0.3) is 0 Å². The number of hydrogen-bond donors (Lipinski definition) is 2. The predicted octanol–water partition coefficient (Wildman–Crippen LogP) is 1.71. The Balaban J connectivity index is 2.25. The van der Waals surface area contributed by atoms with E-state index in [1.807, 2.05) is 19.2 Å². The van der Waals surface area contributed by atoms with Crippen LogP contribution in [0.2, 0.25) is 0 Å². The van der Waals surface area contributed by atoms with Crippen molar-refractivity contribution in [2.75, 3.05) is 23.8 Å². The summed E-state index contributed by atoms with van der Waals surface area (Å²) in [5.41, 5.74) is 7.70. The highest BCUT2D eigenvalue weighted by Gasteiger charge is 2.21. The van der Waals surface area contributed by atoms with Crippen LogP contribution in [0.4, 0.5) is 11.5 Å². The van der Waals surface area contributed by atoms with Crippen LogP contribution < -0.4 is 10.6 Å². The number of anilines is 2. The molecule has 1 atom stereocenters. The number of nitrogens with zero attached hydrogens (tertiary/aromatic N) is 2. The van der Waals surface area contributed by atoms with Gasteiger partial charge in [-0.2, -0.15) is 0 Å². The Bertz CT molecular complexity index is 381. The van der Waals surface area contributed by atoms with Crippen LogP contribution in [0.15, 0.2) is 12.3 Å². The maximum absolute atomic E-state index is 9.47. The van der Waals surface area contributed by atoms with Crippen LogP contribution in [0.1, 0.15) is 31.2 Å². The molecule has 0 radical (unpaired) electrons. The smallest absolute Gasteiger partial charge is 0.130 e. The van der Waals surface area contributed by atoms with Gasteiger partial charge in [0.25, 0.3) is 0 Å². The molecule has 2 heterocycles. The first-order valence-corrected chi connectivity index (χ1v) is 6.32. The summed E-state index contributed by atoms with van der Waals surface area (Å²) in [4.78, 5) is 6.63. The van der Waals surface area contributed by atoms with E-state index >= 15 is 0 Å². The van der Waals surface area contributed by atoms with Crippen LogP contribution in [0.5, 0.6) is 0 Å². The lowest BCUT2D eigenvalue weighted by Crippen LogP contribution is -2.38. The standard InChI is InChI=1S/C13H21N3O/c1-10-8-15-13(7-12(10)14)16-6-4-2-3-5-11(16)9-17/h7-8,11,17H,2-6,9H2,1H3,(H2,14,15). The van der Waals surface area contributed by atoms with Crippen molar-refractivity contribution < 1.29 is 5.11 Å². The zero-order valence-electron chi connectivity index (χ0n) is 10.4. The second kappa shape index (κ2) is 5.36. The van der Waals surface area contributed by atoms with Crippen LogP contribution in [-0.4, -0.2) is 29.3 Å². The van der Waals surface area contributed by atoms with Crippen molar-refractivity contribution >= 4 is 11.5 Å². The van der Waals surface area contributed by atoms with E-state index in [1.165, 1.54) is 12.8 Å². The highest BCUT2D eigenvalue weighted by Crippen LogP contribution is 2.24. The molecule has 0 aromatic carbocycles. The molecule has 1 aliphatic rings. The van der Waals surface area contributed by atoms with E-state index < -0.39 is 0 Å². The molecule has 1 saturated heterocycles. The molecule has 1 fully saturated rings. The van der Waals surface area contributed by atoms with Gasteiger partial charge in [-0.3, -0.25) is 0 Å². The molecular weight excluding hydrogens is 214 g/mol. The Labute approximate surface area is 102 Å². The first-order chi connectivity index (χ1) is 8.22. The summed E-state index contributed by atoms with van der Waals surface area (Å²) in [5, 5.41) is 9.47. The number of rotatable bonds is 2. The number of aromatic nitrogens is 1. The second-order valence-electron chi connectivity index (χ2n) is 4.78. The SMILES string of the molecule is Cc1cnc(N2CCCCCC2CO)cc1N. The van der Waals surface area contributed by atoms with Crippen LogP contribution in [0.3, 0.4) is 0 Å². The van der Waals surface area contributed by atoms with Gasteiger partial charge in [-0.1, -0.05) is 12.8 Å². The second-order valence-corrected chi connectivity index (χ2v) is 4.78. The highest BCUT2D eigenvalue weighted by molar-refractivity contribution is 5.55. The lowest BCUT2D eigenvalue weighted by molar-refractivity contribution is 0.254. The largest absolute Gasteiger partial charge is 0.398 e. The van der Waals surface area contributed by atoms with Gasteiger partial charge in [0, 0.05) is 24.5 Å². The molecule has 2 rings (SSSR count).